The number of fused-ring (bicyclic) bond motifs is 1. The predicted molar refractivity (Wildman–Crippen MR) is 84.7 cm³/mol. The van der Waals surface area contributed by atoms with Gasteiger partial charge in [-0.1, -0.05) is 21.6 Å². The highest BCUT2D eigenvalue weighted by atomic mass is 33.1. The van der Waals surface area contributed by atoms with Crippen molar-refractivity contribution in [1.82, 2.24) is 14.7 Å². The summed E-state index contributed by atoms with van der Waals surface area (Å²) >= 11 is 0. The summed E-state index contributed by atoms with van der Waals surface area (Å²) in [5.74, 6) is 0.308. The highest BCUT2D eigenvalue weighted by Crippen LogP contribution is 2.20. The minimum atomic E-state index is -0.789. The van der Waals surface area contributed by atoms with Crippen LogP contribution in [-0.2, 0) is 4.79 Å². The van der Waals surface area contributed by atoms with Gasteiger partial charge >= 0.3 is 5.97 Å². The van der Waals surface area contributed by atoms with Gasteiger partial charge in [-0.3, -0.25) is 9.59 Å². The van der Waals surface area contributed by atoms with Crippen LogP contribution in [0.4, 0.5) is 0 Å². The van der Waals surface area contributed by atoms with Gasteiger partial charge in [0.15, 0.2) is 0 Å². The maximum atomic E-state index is 11.9. The van der Waals surface area contributed by atoms with Gasteiger partial charge in [-0.15, -0.1) is 0 Å². The van der Waals surface area contributed by atoms with Crippen molar-refractivity contribution < 1.29 is 14.7 Å². The van der Waals surface area contributed by atoms with Crippen molar-refractivity contribution >= 4 is 39.0 Å². The second-order valence-corrected chi connectivity index (χ2v) is 6.86. The molecule has 0 unspecified atom stereocenters. The molecule has 0 bridgehead atoms. The minimum Gasteiger partial charge on any atom is -0.481 e. The number of amides is 1. The summed E-state index contributed by atoms with van der Waals surface area (Å²) < 4.78 is 1.84. The number of hydrogen-bond acceptors (Lipinski definition) is 5. The van der Waals surface area contributed by atoms with E-state index in [0.717, 1.165) is 11.3 Å². The number of aromatic nitrogens is 2. The highest BCUT2D eigenvalue weighted by Gasteiger charge is 2.07. The molecule has 112 valence electrons. The molecule has 0 aliphatic heterocycles. The second kappa shape index (κ2) is 7.94. The molecule has 6 nitrogen and oxygen atoms in total. The minimum absolute atomic E-state index is 0.158. The molecule has 21 heavy (non-hydrogen) atoms. The van der Waals surface area contributed by atoms with E-state index in [-0.39, 0.29) is 12.3 Å². The Bertz CT molecular complexity index is 630. The Morgan fingerprint density at radius 3 is 2.95 bits per heavy atom. The molecule has 0 saturated heterocycles. The molecular formula is C13H15N3O3S2. The number of carbonyl (C=O) groups is 2. The van der Waals surface area contributed by atoms with Crippen LogP contribution >= 0.6 is 21.6 Å². The van der Waals surface area contributed by atoms with Crippen LogP contribution in [0, 0.1) is 0 Å². The quantitative estimate of drug-likeness (QED) is 0.570. The van der Waals surface area contributed by atoms with Crippen LogP contribution in [-0.4, -0.2) is 44.4 Å². The second-order valence-electron chi connectivity index (χ2n) is 4.16. The summed E-state index contributed by atoms with van der Waals surface area (Å²) in [7, 11) is 3.05. The van der Waals surface area contributed by atoms with Gasteiger partial charge in [0.1, 0.15) is 5.69 Å². The van der Waals surface area contributed by atoms with Gasteiger partial charge in [-0.05, 0) is 18.2 Å². The Labute approximate surface area is 129 Å². The van der Waals surface area contributed by atoms with Gasteiger partial charge in [0.25, 0.3) is 5.91 Å². The number of aliphatic carboxylic acids is 1. The first-order valence-corrected chi connectivity index (χ1v) is 8.83. The summed E-state index contributed by atoms with van der Waals surface area (Å²) in [6.07, 6.45) is 3.64. The van der Waals surface area contributed by atoms with Crippen LogP contribution in [0.25, 0.3) is 5.52 Å². The van der Waals surface area contributed by atoms with Crippen LogP contribution in [0.3, 0.4) is 0 Å². The summed E-state index contributed by atoms with van der Waals surface area (Å²) in [5, 5.41) is 11.3. The number of nitrogens with zero attached hydrogens (tertiary/aromatic N) is 2. The summed E-state index contributed by atoms with van der Waals surface area (Å²) in [5.41, 5.74) is 1.32. The number of hydrogen-bond donors (Lipinski definition) is 2. The zero-order valence-corrected chi connectivity index (χ0v) is 12.8. The Hall–Kier alpha value is -1.67. The monoisotopic (exact) mass is 325 g/mol. The van der Waals surface area contributed by atoms with Crippen molar-refractivity contribution in [3.05, 3.63) is 36.4 Å². The highest BCUT2D eigenvalue weighted by molar-refractivity contribution is 8.76. The van der Waals surface area contributed by atoms with E-state index in [2.05, 4.69) is 10.3 Å². The van der Waals surface area contributed by atoms with E-state index in [4.69, 9.17) is 5.11 Å². The molecule has 0 aliphatic rings. The van der Waals surface area contributed by atoms with E-state index in [1.807, 2.05) is 22.7 Å². The zero-order chi connectivity index (χ0) is 15.1. The SMILES string of the molecule is O=C(O)CCSSCCNC(=O)c1cc2cccn2cn1. The Morgan fingerprint density at radius 1 is 1.33 bits per heavy atom. The Morgan fingerprint density at radius 2 is 2.14 bits per heavy atom. The van der Waals surface area contributed by atoms with Gasteiger partial charge in [0.2, 0.25) is 0 Å². The molecule has 0 radical (unpaired) electrons. The third kappa shape index (κ3) is 4.98. The van der Waals surface area contributed by atoms with Crippen molar-refractivity contribution in [2.24, 2.45) is 0 Å². The molecule has 2 heterocycles. The first-order chi connectivity index (χ1) is 10.2. The fourth-order valence-electron chi connectivity index (χ4n) is 1.60. The molecule has 2 rings (SSSR count). The fraction of sp³-hybridized carbons (Fsp3) is 0.308. The predicted octanol–water partition coefficient (Wildman–Crippen LogP) is 1.92. The lowest BCUT2D eigenvalue weighted by Gasteiger charge is -2.04. The molecule has 2 aromatic rings. The number of carboxylic acid groups (broad SMARTS) is 1. The summed E-state index contributed by atoms with van der Waals surface area (Å²) in [6.45, 7) is 0.525. The van der Waals surface area contributed by atoms with E-state index in [9.17, 15) is 9.59 Å². The first-order valence-electron chi connectivity index (χ1n) is 6.34. The van der Waals surface area contributed by atoms with Crippen LogP contribution < -0.4 is 5.32 Å². The largest absolute Gasteiger partial charge is 0.481 e. The van der Waals surface area contributed by atoms with Crippen molar-refractivity contribution in [3.8, 4) is 0 Å². The number of nitrogens with one attached hydrogen (secondary N) is 1. The third-order valence-corrected chi connectivity index (χ3v) is 5.01. The van der Waals surface area contributed by atoms with Crippen LogP contribution in [0.2, 0.25) is 0 Å². The van der Waals surface area contributed by atoms with Gasteiger partial charge in [0, 0.05) is 29.8 Å². The molecular weight excluding hydrogens is 310 g/mol. The molecule has 8 heteroatoms. The standard InChI is InChI=1S/C13H15N3O3S2/c17-12(18)3-6-20-21-7-4-14-13(19)11-8-10-2-1-5-16(10)9-15-11/h1-2,5,8-9H,3-4,6-7H2,(H,14,19)(H,17,18). The van der Waals surface area contributed by atoms with E-state index >= 15 is 0 Å². The summed E-state index contributed by atoms with van der Waals surface area (Å²) in [4.78, 5) is 26.3. The van der Waals surface area contributed by atoms with Gasteiger partial charge in [-0.2, -0.15) is 0 Å². The molecule has 1 amide bonds. The molecule has 0 fully saturated rings. The molecule has 2 aromatic heterocycles. The average Bonchev–Trinajstić information content (AvgIpc) is 2.93. The smallest absolute Gasteiger partial charge is 0.304 e. The van der Waals surface area contributed by atoms with Crippen LogP contribution in [0.15, 0.2) is 30.7 Å². The molecule has 0 saturated carbocycles. The lowest BCUT2D eigenvalue weighted by molar-refractivity contribution is -0.136. The fourth-order valence-corrected chi connectivity index (χ4v) is 3.49. The van der Waals surface area contributed by atoms with Crippen LogP contribution in [0.5, 0.6) is 0 Å². The maximum absolute atomic E-state index is 11.9. The van der Waals surface area contributed by atoms with Crippen LogP contribution in [0.1, 0.15) is 16.9 Å². The zero-order valence-electron chi connectivity index (χ0n) is 11.2. The average molecular weight is 325 g/mol. The molecule has 0 aromatic carbocycles. The third-order valence-electron chi connectivity index (χ3n) is 2.60. The molecule has 0 atom stereocenters. The van der Waals surface area contributed by atoms with Gasteiger partial charge in [-0.25, -0.2) is 4.98 Å². The van der Waals surface area contributed by atoms with Gasteiger partial charge < -0.3 is 14.8 Å². The van der Waals surface area contributed by atoms with E-state index < -0.39 is 5.97 Å². The van der Waals surface area contributed by atoms with E-state index in [1.54, 1.807) is 23.2 Å². The maximum Gasteiger partial charge on any atom is 0.304 e. The number of carboxylic acids is 1. The number of rotatable bonds is 8. The summed E-state index contributed by atoms with van der Waals surface area (Å²) in [6, 6.07) is 5.54. The van der Waals surface area contributed by atoms with E-state index in [0.29, 0.717) is 18.0 Å². The first kappa shape index (κ1) is 15.7. The lowest BCUT2D eigenvalue weighted by Crippen LogP contribution is -2.26. The van der Waals surface area contributed by atoms with Crippen molar-refractivity contribution in [2.75, 3.05) is 18.1 Å². The molecule has 0 aliphatic carbocycles. The van der Waals surface area contributed by atoms with Crippen molar-refractivity contribution in [3.63, 3.8) is 0 Å². The Kier molecular flexibility index (Phi) is 5.94. The Balaban J connectivity index is 1.68. The van der Waals surface area contributed by atoms with Crippen molar-refractivity contribution in [2.45, 2.75) is 6.42 Å². The van der Waals surface area contributed by atoms with Gasteiger partial charge in [0.05, 0.1) is 12.7 Å². The molecule has 2 N–H and O–H groups in total. The number of carbonyl (C=O) groups excluding carboxylic acids is 1. The van der Waals surface area contributed by atoms with E-state index in [1.165, 1.54) is 10.8 Å². The molecule has 0 spiro atoms. The topological polar surface area (TPSA) is 83.7 Å². The normalized spacial score (nSPS) is 10.7. The lowest BCUT2D eigenvalue weighted by atomic mass is 10.3. The van der Waals surface area contributed by atoms with Crippen molar-refractivity contribution in [1.29, 1.82) is 0 Å².